The van der Waals surface area contributed by atoms with E-state index >= 15 is 0 Å². The molecule has 3 heterocycles. The molecule has 1 aromatic carbocycles. The van der Waals surface area contributed by atoms with E-state index < -0.39 is 35.1 Å². The smallest absolute Gasteiger partial charge is 0.410 e. The molecule has 5 amide bonds. The highest BCUT2D eigenvalue weighted by atomic mass is 35.5. The van der Waals surface area contributed by atoms with Gasteiger partial charge in [0, 0.05) is 66.8 Å². The Kier molecular flexibility index (Phi) is 7.54. The molecule has 12 heteroatoms. The number of likely N-dealkylation sites (tertiary alicyclic amines) is 1. The number of anilines is 1. The van der Waals surface area contributed by atoms with Gasteiger partial charge in [0.15, 0.2) is 0 Å². The van der Waals surface area contributed by atoms with Crippen LogP contribution in [0, 0.1) is 11.8 Å². The Morgan fingerprint density at radius 1 is 1.05 bits per heavy atom. The second kappa shape index (κ2) is 10.2. The Morgan fingerprint density at radius 3 is 2.16 bits per heavy atom. The maximum absolute atomic E-state index is 13.4. The lowest BCUT2D eigenvalue weighted by molar-refractivity contribution is -0.138. The minimum absolute atomic E-state index is 0.0829. The molecule has 202 valence electrons. The molecule has 37 heavy (non-hydrogen) atoms. The van der Waals surface area contributed by atoms with Gasteiger partial charge in [0.25, 0.3) is 5.91 Å². The number of urea groups is 1. The second-order valence-electron chi connectivity index (χ2n) is 11.0. The first-order chi connectivity index (χ1) is 17.3. The Hall–Kier alpha value is -2.72. The van der Waals surface area contributed by atoms with Crippen LogP contribution in [0.1, 0.15) is 34.1 Å². The fourth-order valence-corrected chi connectivity index (χ4v) is 5.67. The number of halogens is 2. The van der Waals surface area contributed by atoms with E-state index in [9.17, 15) is 19.2 Å². The summed E-state index contributed by atoms with van der Waals surface area (Å²) in [6.45, 7) is 9.88. The fourth-order valence-electron chi connectivity index (χ4n) is 5.16. The van der Waals surface area contributed by atoms with Crippen molar-refractivity contribution in [3.8, 4) is 0 Å². The van der Waals surface area contributed by atoms with Crippen molar-refractivity contribution in [3.05, 3.63) is 28.2 Å². The van der Waals surface area contributed by atoms with E-state index in [4.69, 9.17) is 27.9 Å². The molecule has 1 aromatic rings. The van der Waals surface area contributed by atoms with Crippen LogP contribution in [0.15, 0.2) is 18.2 Å². The molecule has 2 atom stereocenters. The van der Waals surface area contributed by atoms with Gasteiger partial charge in [0.2, 0.25) is 5.91 Å². The number of benzene rings is 1. The van der Waals surface area contributed by atoms with E-state index in [1.165, 1.54) is 4.90 Å². The van der Waals surface area contributed by atoms with Crippen molar-refractivity contribution in [3.63, 3.8) is 0 Å². The number of piperazine rings is 1. The van der Waals surface area contributed by atoms with Crippen molar-refractivity contribution >= 4 is 52.8 Å². The molecule has 2 N–H and O–H groups in total. The van der Waals surface area contributed by atoms with E-state index in [2.05, 4.69) is 15.5 Å². The average Bonchev–Trinajstić information content (AvgIpc) is 3.03. The molecule has 10 nitrogen and oxygen atoms in total. The molecule has 0 aliphatic carbocycles. The molecule has 3 fully saturated rings. The van der Waals surface area contributed by atoms with E-state index in [0.717, 1.165) is 5.69 Å². The third kappa shape index (κ3) is 5.90. The molecule has 0 aromatic heterocycles. The molecule has 0 spiro atoms. The number of carbonyl (C=O) groups excluding carboxylic acids is 4. The number of amides is 5. The zero-order valence-electron chi connectivity index (χ0n) is 21.5. The summed E-state index contributed by atoms with van der Waals surface area (Å²) in [5.41, 5.74) is -0.992. The maximum Gasteiger partial charge on any atom is 0.410 e. The summed E-state index contributed by atoms with van der Waals surface area (Å²) in [7, 11) is 0. The van der Waals surface area contributed by atoms with Gasteiger partial charge < -0.3 is 24.8 Å². The first-order valence-electron chi connectivity index (χ1n) is 12.4. The van der Waals surface area contributed by atoms with E-state index in [-0.39, 0.29) is 31.3 Å². The van der Waals surface area contributed by atoms with Crippen LogP contribution in [-0.2, 0) is 14.3 Å². The van der Waals surface area contributed by atoms with Gasteiger partial charge in [-0.25, -0.2) is 9.59 Å². The zero-order valence-corrected chi connectivity index (χ0v) is 23.0. The summed E-state index contributed by atoms with van der Waals surface area (Å²) in [4.78, 5) is 56.2. The van der Waals surface area contributed by atoms with Crippen LogP contribution in [0.2, 0.25) is 10.0 Å². The van der Waals surface area contributed by atoms with Crippen molar-refractivity contribution in [2.24, 2.45) is 11.8 Å². The summed E-state index contributed by atoms with van der Waals surface area (Å²) in [5.74, 6) is -1.40. The molecular weight excluding hydrogens is 521 g/mol. The number of nitrogens with zero attached hydrogens (tertiary/aromatic N) is 3. The van der Waals surface area contributed by atoms with E-state index in [0.29, 0.717) is 36.2 Å². The van der Waals surface area contributed by atoms with Crippen molar-refractivity contribution in [2.75, 3.05) is 44.2 Å². The third-order valence-corrected chi connectivity index (χ3v) is 7.49. The molecular formula is C25H33Cl2N5O5. The molecule has 2 unspecified atom stereocenters. The van der Waals surface area contributed by atoms with Gasteiger partial charge >= 0.3 is 12.1 Å². The summed E-state index contributed by atoms with van der Waals surface area (Å²) < 4.78 is 5.41. The predicted octanol–water partition coefficient (Wildman–Crippen LogP) is 3.11. The monoisotopic (exact) mass is 553 g/mol. The van der Waals surface area contributed by atoms with Crippen molar-refractivity contribution < 1.29 is 23.9 Å². The van der Waals surface area contributed by atoms with Crippen LogP contribution in [0.25, 0.3) is 0 Å². The SMILES string of the molecule is CC(CC1(C2CN(C(=O)OC(C)(C)C)C2)NC(=O)NC1=O)C(=O)N1CCN(c2cc(Cl)cc(Cl)c2)CC1. The predicted molar refractivity (Wildman–Crippen MR) is 140 cm³/mol. The van der Waals surface area contributed by atoms with Gasteiger partial charge in [-0.05, 0) is 45.4 Å². The standard InChI is InChI=1S/C25H33Cl2N5O5/c1-15(20(33)31-7-5-30(6-8-31)19-10-17(26)9-18(27)11-19)12-25(21(34)28-22(35)29-25)16-13-32(14-16)23(36)37-24(2,3)4/h9-11,15-16H,5-8,12-14H2,1-4H3,(H2,28,29,34,35). The molecule has 3 saturated heterocycles. The number of rotatable bonds is 5. The van der Waals surface area contributed by atoms with Gasteiger partial charge in [0.1, 0.15) is 11.1 Å². The lowest BCUT2D eigenvalue weighted by Crippen LogP contribution is -2.67. The van der Waals surface area contributed by atoms with Gasteiger partial charge in [-0.1, -0.05) is 30.1 Å². The number of carbonyl (C=O) groups is 4. The van der Waals surface area contributed by atoms with Crippen LogP contribution in [-0.4, -0.2) is 84.1 Å². The molecule has 3 aliphatic heterocycles. The molecule has 4 rings (SSSR count). The van der Waals surface area contributed by atoms with E-state index in [1.54, 1.807) is 38.7 Å². The Bertz CT molecular complexity index is 1080. The number of nitrogens with one attached hydrogen (secondary N) is 2. The molecule has 0 radical (unpaired) electrons. The zero-order chi connectivity index (χ0) is 27.1. The topological polar surface area (TPSA) is 111 Å². The first kappa shape index (κ1) is 27.3. The summed E-state index contributed by atoms with van der Waals surface area (Å²) in [5, 5.41) is 6.20. The summed E-state index contributed by atoms with van der Waals surface area (Å²) >= 11 is 12.3. The Labute approximate surface area is 226 Å². The van der Waals surface area contributed by atoms with Crippen LogP contribution >= 0.6 is 23.2 Å². The second-order valence-corrected chi connectivity index (χ2v) is 11.9. The highest BCUT2D eigenvalue weighted by Gasteiger charge is 2.57. The minimum atomic E-state index is -1.26. The minimum Gasteiger partial charge on any atom is -0.444 e. The Balaban J connectivity index is 1.38. The Morgan fingerprint density at radius 2 is 1.65 bits per heavy atom. The van der Waals surface area contributed by atoms with Gasteiger partial charge in [-0.2, -0.15) is 0 Å². The highest BCUT2D eigenvalue weighted by Crippen LogP contribution is 2.36. The van der Waals surface area contributed by atoms with Gasteiger partial charge in [0.05, 0.1) is 0 Å². The van der Waals surface area contributed by atoms with Crippen LogP contribution in [0.3, 0.4) is 0 Å². The summed E-state index contributed by atoms with van der Waals surface area (Å²) in [6, 6.07) is 4.78. The number of imide groups is 1. The summed E-state index contributed by atoms with van der Waals surface area (Å²) in [6.07, 6.45) is -0.327. The number of hydrogen-bond acceptors (Lipinski definition) is 6. The molecule has 3 aliphatic rings. The van der Waals surface area contributed by atoms with E-state index in [1.807, 2.05) is 12.1 Å². The van der Waals surface area contributed by atoms with Gasteiger partial charge in [-0.15, -0.1) is 0 Å². The maximum atomic E-state index is 13.4. The first-order valence-corrected chi connectivity index (χ1v) is 13.1. The normalized spacial score (nSPS) is 23.4. The molecule has 0 saturated carbocycles. The lowest BCUT2D eigenvalue weighted by Gasteiger charge is -2.48. The third-order valence-electron chi connectivity index (χ3n) is 7.05. The van der Waals surface area contributed by atoms with Crippen LogP contribution < -0.4 is 15.5 Å². The van der Waals surface area contributed by atoms with Crippen LogP contribution in [0.4, 0.5) is 15.3 Å². The van der Waals surface area contributed by atoms with Crippen molar-refractivity contribution in [1.29, 1.82) is 0 Å². The molecule has 0 bridgehead atoms. The highest BCUT2D eigenvalue weighted by molar-refractivity contribution is 6.35. The largest absolute Gasteiger partial charge is 0.444 e. The van der Waals surface area contributed by atoms with Crippen molar-refractivity contribution in [2.45, 2.75) is 45.3 Å². The number of hydrogen-bond donors (Lipinski definition) is 2. The van der Waals surface area contributed by atoms with Crippen LogP contribution in [0.5, 0.6) is 0 Å². The average molecular weight is 554 g/mol. The lowest BCUT2D eigenvalue weighted by atomic mass is 9.73. The quantitative estimate of drug-likeness (QED) is 0.542. The fraction of sp³-hybridized carbons (Fsp3) is 0.600. The van der Waals surface area contributed by atoms with Gasteiger partial charge in [-0.3, -0.25) is 14.9 Å². The number of ether oxygens (including phenoxy) is 1. The van der Waals surface area contributed by atoms with Crippen molar-refractivity contribution in [1.82, 2.24) is 20.4 Å².